The highest BCUT2D eigenvalue weighted by Crippen LogP contribution is 2.30. The van der Waals surface area contributed by atoms with Crippen LogP contribution in [0.4, 0.5) is 24.9 Å². The molecule has 164 valence electrons. The van der Waals surface area contributed by atoms with Crippen LogP contribution in [0.1, 0.15) is 35.2 Å². The monoisotopic (exact) mass is 430 g/mol. The van der Waals surface area contributed by atoms with Crippen molar-refractivity contribution in [2.24, 2.45) is 0 Å². The molecule has 3 heterocycles. The minimum absolute atomic E-state index is 0.167. The first-order chi connectivity index (χ1) is 14.7. The summed E-state index contributed by atoms with van der Waals surface area (Å²) in [5.41, 5.74) is 8.65. The van der Waals surface area contributed by atoms with Gasteiger partial charge in [-0.25, -0.2) is 4.98 Å². The topological polar surface area (TPSA) is 80.0 Å². The Bertz CT molecular complexity index is 1090. The summed E-state index contributed by atoms with van der Waals surface area (Å²) in [7, 11) is 0. The Morgan fingerprint density at radius 1 is 1.10 bits per heavy atom. The van der Waals surface area contributed by atoms with Gasteiger partial charge in [0.05, 0.1) is 10.9 Å². The van der Waals surface area contributed by atoms with Gasteiger partial charge in [-0.05, 0) is 49.9 Å². The highest BCUT2D eigenvalue weighted by atomic mass is 19.4. The molecule has 3 aromatic rings. The minimum atomic E-state index is -4.32. The van der Waals surface area contributed by atoms with Gasteiger partial charge in [0.25, 0.3) is 0 Å². The lowest BCUT2D eigenvalue weighted by Gasteiger charge is -2.32. The average Bonchev–Trinajstić information content (AvgIpc) is 2.68. The molecule has 4 rings (SSSR count). The van der Waals surface area contributed by atoms with E-state index < -0.39 is 11.7 Å². The number of nitrogens with one attached hydrogen (secondary N) is 1. The number of pyridine rings is 1. The third-order valence-corrected chi connectivity index (χ3v) is 5.60. The number of alkyl halides is 3. The maximum atomic E-state index is 12.9. The summed E-state index contributed by atoms with van der Waals surface area (Å²) in [5, 5.41) is 4.12. The van der Waals surface area contributed by atoms with Crippen molar-refractivity contribution in [3.05, 3.63) is 52.7 Å². The minimum Gasteiger partial charge on any atom is -0.383 e. The number of nitrogens with two attached hydrogens (primary N) is 1. The summed E-state index contributed by atoms with van der Waals surface area (Å²) in [5.74, 6) is 0.860. The third kappa shape index (κ3) is 4.87. The van der Waals surface area contributed by atoms with Crippen LogP contribution in [0, 0.1) is 13.8 Å². The van der Waals surface area contributed by atoms with Gasteiger partial charge in [0, 0.05) is 31.4 Å². The van der Waals surface area contributed by atoms with Crippen molar-refractivity contribution in [3.63, 3.8) is 0 Å². The Morgan fingerprint density at radius 2 is 1.84 bits per heavy atom. The van der Waals surface area contributed by atoms with Gasteiger partial charge in [-0.2, -0.15) is 23.1 Å². The molecule has 1 fully saturated rings. The number of nitrogen functional groups attached to an aromatic ring is 1. The third-order valence-electron chi connectivity index (χ3n) is 5.60. The molecule has 0 amide bonds. The van der Waals surface area contributed by atoms with Gasteiger partial charge in [0.15, 0.2) is 5.65 Å². The smallest absolute Gasteiger partial charge is 0.383 e. The van der Waals surface area contributed by atoms with Crippen LogP contribution in [0.5, 0.6) is 0 Å². The van der Waals surface area contributed by atoms with Crippen molar-refractivity contribution in [1.82, 2.24) is 19.9 Å². The van der Waals surface area contributed by atoms with Crippen LogP contribution in [-0.4, -0.2) is 39.0 Å². The van der Waals surface area contributed by atoms with Crippen molar-refractivity contribution < 1.29 is 13.2 Å². The number of rotatable bonds is 4. The van der Waals surface area contributed by atoms with Crippen LogP contribution in [0.3, 0.4) is 0 Å². The molecule has 1 saturated heterocycles. The van der Waals surface area contributed by atoms with E-state index in [-0.39, 0.29) is 6.04 Å². The van der Waals surface area contributed by atoms with Crippen LogP contribution in [0.2, 0.25) is 0 Å². The summed E-state index contributed by atoms with van der Waals surface area (Å²) in [6, 6.07) is 7.66. The Kier molecular flexibility index (Phi) is 5.70. The molecule has 2 aromatic heterocycles. The molecule has 1 aromatic carbocycles. The van der Waals surface area contributed by atoms with E-state index in [0.717, 1.165) is 48.6 Å². The molecule has 0 radical (unpaired) electrons. The molecule has 31 heavy (non-hydrogen) atoms. The zero-order chi connectivity index (χ0) is 22.2. The Labute approximate surface area is 178 Å². The lowest BCUT2D eigenvalue weighted by Crippen LogP contribution is -2.39. The molecule has 0 atom stereocenters. The summed E-state index contributed by atoms with van der Waals surface area (Å²) < 4.78 is 38.8. The Morgan fingerprint density at radius 3 is 2.55 bits per heavy atom. The molecule has 0 bridgehead atoms. The lowest BCUT2D eigenvalue weighted by molar-refractivity contribution is -0.137. The quantitative estimate of drug-likeness (QED) is 0.642. The molecule has 9 heteroatoms. The molecule has 6 nitrogen and oxygen atoms in total. The number of piperidine rings is 1. The van der Waals surface area contributed by atoms with Gasteiger partial charge in [-0.3, -0.25) is 4.90 Å². The van der Waals surface area contributed by atoms with Crippen LogP contribution in [0.15, 0.2) is 30.3 Å². The largest absolute Gasteiger partial charge is 0.416 e. The molecule has 0 aliphatic carbocycles. The molecule has 0 spiro atoms. The van der Waals surface area contributed by atoms with Crippen molar-refractivity contribution in [1.29, 1.82) is 0 Å². The van der Waals surface area contributed by atoms with E-state index in [4.69, 9.17) is 5.73 Å². The second kappa shape index (κ2) is 8.30. The zero-order valence-electron chi connectivity index (χ0n) is 17.5. The van der Waals surface area contributed by atoms with E-state index in [9.17, 15) is 13.2 Å². The number of likely N-dealkylation sites (tertiary alicyclic amines) is 1. The van der Waals surface area contributed by atoms with Gasteiger partial charge >= 0.3 is 6.18 Å². The number of halogens is 3. The fraction of sp³-hybridized carbons (Fsp3) is 0.409. The maximum absolute atomic E-state index is 12.9. The highest BCUT2D eigenvalue weighted by molar-refractivity contribution is 5.89. The molecule has 0 unspecified atom stereocenters. The average molecular weight is 430 g/mol. The number of nitrogens with zero attached hydrogens (tertiary/aromatic N) is 4. The van der Waals surface area contributed by atoms with Gasteiger partial charge in [0.1, 0.15) is 5.82 Å². The van der Waals surface area contributed by atoms with Crippen molar-refractivity contribution >= 4 is 22.8 Å². The first-order valence-corrected chi connectivity index (χ1v) is 10.3. The standard InChI is InChI=1S/C22H25F3N6/c1-13-10-14(2)27-20-18(13)19(26)29-21(30-20)28-17-6-8-31(9-7-17)12-15-4-3-5-16(11-15)22(23,24)25/h3-5,10-11,17H,6-9,12H2,1-2H3,(H3,26,27,28,29,30). The molecule has 1 aliphatic heterocycles. The predicted octanol–water partition coefficient (Wildman–Crippen LogP) is 4.32. The van der Waals surface area contributed by atoms with Crippen LogP contribution >= 0.6 is 0 Å². The fourth-order valence-electron chi connectivity index (χ4n) is 4.10. The normalized spacial score (nSPS) is 16.0. The Hall–Kier alpha value is -2.94. The number of anilines is 2. The second-order valence-electron chi connectivity index (χ2n) is 8.10. The van der Waals surface area contributed by atoms with E-state index in [1.807, 2.05) is 19.9 Å². The van der Waals surface area contributed by atoms with Gasteiger partial charge in [-0.15, -0.1) is 0 Å². The first-order valence-electron chi connectivity index (χ1n) is 10.3. The van der Waals surface area contributed by atoms with Gasteiger partial charge in [-0.1, -0.05) is 18.2 Å². The lowest BCUT2D eigenvalue weighted by atomic mass is 10.0. The maximum Gasteiger partial charge on any atom is 0.416 e. The summed E-state index contributed by atoms with van der Waals surface area (Å²) >= 11 is 0. The number of fused-ring (bicyclic) bond motifs is 1. The summed E-state index contributed by atoms with van der Waals surface area (Å²) in [4.78, 5) is 15.6. The highest BCUT2D eigenvalue weighted by Gasteiger charge is 2.30. The van der Waals surface area contributed by atoms with Crippen LogP contribution < -0.4 is 11.1 Å². The first kappa shape index (κ1) is 21.3. The second-order valence-corrected chi connectivity index (χ2v) is 8.10. The van der Waals surface area contributed by atoms with Crippen LogP contribution in [-0.2, 0) is 12.7 Å². The molecule has 0 saturated carbocycles. The van der Waals surface area contributed by atoms with Crippen molar-refractivity contribution in [3.8, 4) is 0 Å². The number of aryl methyl sites for hydroxylation is 2. The van der Waals surface area contributed by atoms with E-state index >= 15 is 0 Å². The number of aromatic nitrogens is 3. The SMILES string of the molecule is Cc1cc(C)c2c(N)nc(NC3CCN(Cc4cccc(C(F)(F)F)c4)CC3)nc2n1. The van der Waals surface area contributed by atoms with E-state index in [0.29, 0.717) is 29.5 Å². The van der Waals surface area contributed by atoms with Gasteiger partial charge < -0.3 is 11.1 Å². The summed E-state index contributed by atoms with van der Waals surface area (Å²) in [6.07, 6.45) is -2.65. The molecule has 1 aliphatic rings. The molecular formula is C22H25F3N6. The van der Waals surface area contributed by atoms with E-state index in [2.05, 4.69) is 25.2 Å². The van der Waals surface area contributed by atoms with Crippen molar-refractivity contribution in [2.45, 2.75) is 45.5 Å². The van der Waals surface area contributed by atoms with E-state index in [1.165, 1.54) is 12.1 Å². The number of benzene rings is 1. The summed E-state index contributed by atoms with van der Waals surface area (Å²) in [6.45, 7) is 5.92. The van der Waals surface area contributed by atoms with Crippen LogP contribution in [0.25, 0.3) is 11.0 Å². The fourth-order valence-corrected chi connectivity index (χ4v) is 4.10. The molecular weight excluding hydrogens is 405 g/mol. The number of hydrogen-bond acceptors (Lipinski definition) is 6. The Balaban J connectivity index is 1.39. The predicted molar refractivity (Wildman–Crippen MR) is 115 cm³/mol. The molecule has 3 N–H and O–H groups in total. The van der Waals surface area contributed by atoms with Gasteiger partial charge in [0.2, 0.25) is 5.95 Å². The number of hydrogen-bond donors (Lipinski definition) is 2. The van der Waals surface area contributed by atoms with E-state index in [1.54, 1.807) is 6.07 Å². The zero-order valence-corrected chi connectivity index (χ0v) is 17.5. The van der Waals surface area contributed by atoms with Crippen molar-refractivity contribution in [2.75, 3.05) is 24.1 Å².